The SMILES string of the molecule is C#CC(NN)c1ccc(C)s1. The standard InChI is InChI=1S/C8H10N2S/c1-3-7(10-9)8-5-4-6(2)11-8/h1,4-5,7,10H,9H2,2H3. The Labute approximate surface area is 70.4 Å². The van der Waals surface area contributed by atoms with Crippen LogP contribution in [0.15, 0.2) is 12.1 Å². The molecule has 0 bridgehead atoms. The molecule has 0 spiro atoms. The Morgan fingerprint density at radius 1 is 1.73 bits per heavy atom. The van der Waals surface area contributed by atoms with Crippen LogP contribution in [0, 0.1) is 19.3 Å². The van der Waals surface area contributed by atoms with Gasteiger partial charge < -0.3 is 0 Å². The zero-order valence-corrected chi connectivity index (χ0v) is 7.11. The summed E-state index contributed by atoms with van der Waals surface area (Å²) in [5, 5.41) is 0. The average molecular weight is 166 g/mol. The second kappa shape index (κ2) is 3.54. The molecular weight excluding hydrogens is 156 g/mol. The first kappa shape index (κ1) is 8.28. The Morgan fingerprint density at radius 3 is 2.82 bits per heavy atom. The fourth-order valence-electron chi connectivity index (χ4n) is 0.821. The molecule has 2 nitrogen and oxygen atoms in total. The summed E-state index contributed by atoms with van der Waals surface area (Å²) in [5.41, 5.74) is 2.56. The van der Waals surface area contributed by atoms with E-state index in [4.69, 9.17) is 12.3 Å². The lowest BCUT2D eigenvalue weighted by atomic mass is 10.3. The van der Waals surface area contributed by atoms with Crippen molar-refractivity contribution in [2.75, 3.05) is 0 Å². The molecule has 11 heavy (non-hydrogen) atoms. The zero-order chi connectivity index (χ0) is 8.27. The third-order valence-electron chi connectivity index (χ3n) is 1.38. The molecule has 0 radical (unpaired) electrons. The van der Waals surface area contributed by atoms with Crippen molar-refractivity contribution in [3.63, 3.8) is 0 Å². The number of hydrogen-bond acceptors (Lipinski definition) is 3. The summed E-state index contributed by atoms with van der Waals surface area (Å²) in [4.78, 5) is 2.34. The summed E-state index contributed by atoms with van der Waals surface area (Å²) in [6.07, 6.45) is 5.24. The van der Waals surface area contributed by atoms with Crippen molar-refractivity contribution >= 4 is 11.3 Å². The minimum atomic E-state index is -0.145. The fraction of sp³-hybridized carbons (Fsp3) is 0.250. The van der Waals surface area contributed by atoms with E-state index in [2.05, 4.69) is 11.3 Å². The van der Waals surface area contributed by atoms with Crippen molar-refractivity contribution in [2.45, 2.75) is 13.0 Å². The Bertz CT molecular complexity index is 272. The summed E-state index contributed by atoms with van der Waals surface area (Å²) in [7, 11) is 0. The number of terminal acetylenes is 1. The third-order valence-corrected chi connectivity index (χ3v) is 2.44. The van der Waals surface area contributed by atoms with Crippen LogP contribution < -0.4 is 11.3 Å². The van der Waals surface area contributed by atoms with Gasteiger partial charge in [-0.25, -0.2) is 5.43 Å². The molecule has 3 heteroatoms. The lowest BCUT2D eigenvalue weighted by Gasteiger charge is -2.04. The molecule has 0 saturated carbocycles. The molecule has 3 N–H and O–H groups in total. The van der Waals surface area contributed by atoms with E-state index in [-0.39, 0.29) is 6.04 Å². The van der Waals surface area contributed by atoms with Gasteiger partial charge in [0.1, 0.15) is 6.04 Å². The van der Waals surface area contributed by atoms with Crippen LogP contribution in [0.5, 0.6) is 0 Å². The van der Waals surface area contributed by atoms with Crippen molar-refractivity contribution in [1.29, 1.82) is 0 Å². The van der Waals surface area contributed by atoms with Crippen molar-refractivity contribution < 1.29 is 0 Å². The van der Waals surface area contributed by atoms with E-state index >= 15 is 0 Å². The van der Waals surface area contributed by atoms with E-state index in [0.717, 1.165) is 4.88 Å². The van der Waals surface area contributed by atoms with Gasteiger partial charge in [0.15, 0.2) is 0 Å². The molecule has 0 aromatic carbocycles. The average Bonchev–Trinajstić information content (AvgIpc) is 2.39. The molecular formula is C8H10N2S. The smallest absolute Gasteiger partial charge is 0.116 e. The number of hydrogen-bond donors (Lipinski definition) is 2. The molecule has 0 aliphatic heterocycles. The highest BCUT2D eigenvalue weighted by Gasteiger charge is 2.06. The second-order valence-electron chi connectivity index (χ2n) is 2.21. The molecule has 58 valence electrons. The molecule has 1 aromatic rings. The minimum Gasteiger partial charge on any atom is -0.270 e. The highest BCUT2D eigenvalue weighted by atomic mass is 32.1. The summed E-state index contributed by atoms with van der Waals surface area (Å²) in [6.45, 7) is 2.04. The van der Waals surface area contributed by atoms with Crippen LogP contribution in [0.25, 0.3) is 0 Å². The van der Waals surface area contributed by atoms with E-state index in [9.17, 15) is 0 Å². The van der Waals surface area contributed by atoms with Gasteiger partial charge in [0.2, 0.25) is 0 Å². The molecule has 0 fully saturated rings. The topological polar surface area (TPSA) is 38.0 Å². The number of nitrogens with two attached hydrogens (primary N) is 1. The first-order valence-corrected chi connectivity index (χ1v) is 4.08. The number of hydrazine groups is 1. The second-order valence-corrected chi connectivity index (χ2v) is 3.53. The van der Waals surface area contributed by atoms with Crippen LogP contribution in [0.4, 0.5) is 0 Å². The van der Waals surface area contributed by atoms with Crippen LogP contribution in [0.1, 0.15) is 15.8 Å². The van der Waals surface area contributed by atoms with Gasteiger partial charge in [0.25, 0.3) is 0 Å². The van der Waals surface area contributed by atoms with Gasteiger partial charge in [0, 0.05) is 9.75 Å². The van der Waals surface area contributed by atoms with Crippen LogP contribution in [0.3, 0.4) is 0 Å². The third kappa shape index (κ3) is 1.81. The van der Waals surface area contributed by atoms with E-state index in [0.29, 0.717) is 0 Å². The Hall–Kier alpha value is -0.820. The molecule has 0 saturated heterocycles. The van der Waals surface area contributed by atoms with Gasteiger partial charge in [-0.15, -0.1) is 17.8 Å². The Balaban J connectivity index is 2.84. The van der Waals surface area contributed by atoms with Crippen LogP contribution >= 0.6 is 11.3 Å². The highest BCUT2D eigenvalue weighted by Crippen LogP contribution is 2.21. The van der Waals surface area contributed by atoms with Gasteiger partial charge in [0.05, 0.1) is 0 Å². The monoisotopic (exact) mass is 166 g/mol. The first-order chi connectivity index (χ1) is 5.27. The predicted octanol–water partition coefficient (Wildman–Crippen LogP) is 1.19. The van der Waals surface area contributed by atoms with E-state index in [1.54, 1.807) is 11.3 Å². The molecule has 1 atom stereocenters. The van der Waals surface area contributed by atoms with E-state index in [1.165, 1.54) is 4.88 Å². The molecule has 0 aliphatic rings. The van der Waals surface area contributed by atoms with Crippen molar-refractivity contribution in [3.8, 4) is 12.3 Å². The van der Waals surface area contributed by atoms with Gasteiger partial charge in [-0.05, 0) is 19.1 Å². The van der Waals surface area contributed by atoms with Crippen LogP contribution in [-0.2, 0) is 0 Å². The first-order valence-electron chi connectivity index (χ1n) is 3.26. The van der Waals surface area contributed by atoms with Gasteiger partial charge in [-0.3, -0.25) is 5.84 Å². The minimum absolute atomic E-state index is 0.145. The molecule has 0 aliphatic carbocycles. The molecule has 1 unspecified atom stereocenters. The maximum atomic E-state index is 5.24. The largest absolute Gasteiger partial charge is 0.270 e. The van der Waals surface area contributed by atoms with Gasteiger partial charge >= 0.3 is 0 Å². The number of aryl methyl sites for hydroxylation is 1. The maximum Gasteiger partial charge on any atom is 0.116 e. The van der Waals surface area contributed by atoms with Crippen molar-refractivity contribution in [1.82, 2.24) is 5.43 Å². The molecule has 0 amide bonds. The molecule has 1 aromatic heterocycles. The quantitative estimate of drug-likeness (QED) is 0.393. The lowest BCUT2D eigenvalue weighted by molar-refractivity contribution is 0.684. The molecule has 1 heterocycles. The van der Waals surface area contributed by atoms with E-state index < -0.39 is 0 Å². The summed E-state index contributed by atoms with van der Waals surface area (Å²) in [6, 6.07) is 3.88. The number of nitrogens with one attached hydrogen (secondary N) is 1. The number of thiophene rings is 1. The summed E-state index contributed by atoms with van der Waals surface area (Å²) in [5.74, 6) is 7.79. The normalized spacial score (nSPS) is 12.5. The van der Waals surface area contributed by atoms with Crippen molar-refractivity contribution in [2.24, 2.45) is 5.84 Å². The Morgan fingerprint density at radius 2 is 2.45 bits per heavy atom. The fourth-order valence-corrected chi connectivity index (χ4v) is 1.72. The zero-order valence-electron chi connectivity index (χ0n) is 6.29. The summed E-state index contributed by atoms with van der Waals surface area (Å²) >= 11 is 1.66. The van der Waals surface area contributed by atoms with E-state index in [1.807, 2.05) is 19.1 Å². The number of rotatable bonds is 2. The van der Waals surface area contributed by atoms with Crippen LogP contribution in [0.2, 0.25) is 0 Å². The van der Waals surface area contributed by atoms with Gasteiger partial charge in [-0.2, -0.15) is 0 Å². The Kier molecular flexibility index (Phi) is 2.66. The molecule has 1 rings (SSSR count). The maximum absolute atomic E-state index is 5.24. The van der Waals surface area contributed by atoms with Crippen molar-refractivity contribution in [3.05, 3.63) is 21.9 Å². The summed E-state index contributed by atoms with van der Waals surface area (Å²) < 4.78 is 0. The van der Waals surface area contributed by atoms with Gasteiger partial charge in [-0.1, -0.05) is 5.92 Å². The predicted molar refractivity (Wildman–Crippen MR) is 48.0 cm³/mol. The highest BCUT2D eigenvalue weighted by molar-refractivity contribution is 7.12. The lowest BCUT2D eigenvalue weighted by Crippen LogP contribution is -2.25. The van der Waals surface area contributed by atoms with Crippen LogP contribution in [-0.4, -0.2) is 0 Å².